The van der Waals surface area contributed by atoms with Crippen molar-refractivity contribution < 1.29 is 27.5 Å². The fourth-order valence-electron chi connectivity index (χ4n) is 3.19. The van der Waals surface area contributed by atoms with E-state index < -0.39 is 33.0 Å². The van der Waals surface area contributed by atoms with Gasteiger partial charge in [0.05, 0.1) is 31.2 Å². The van der Waals surface area contributed by atoms with Crippen molar-refractivity contribution in [3.63, 3.8) is 0 Å². The number of carbonyl (C=O) groups is 2. The number of sulfone groups is 1. The van der Waals surface area contributed by atoms with Crippen LogP contribution in [0.4, 0.5) is 5.69 Å². The number of carbonyl (C=O) groups excluding carboxylic acids is 2. The summed E-state index contributed by atoms with van der Waals surface area (Å²) in [6.45, 7) is 0. The Bertz CT molecular complexity index is 1380. The normalized spacial score (nSPS) is 12.4. The van der Waals surface area contributed by atoms with E-state index in [0.717, 1.165) is 7.11 Å². The predicted octanol–water partition coefficient (Wildman–Crippen LogP) is 2.99. The lowest BCUT2D eigenvalue weighted by Gasteiger charge is -2.25. The van der Waals surface area contributed by atoms with Crippen LogP contribution in [0.2, 0.25) is 0 Å². The molecule has 1 atom stereocenters. The number of esters is 1. The number of amides is 1. The molecule has 3 N–H and O–H groups in total. The van der Waals surface area contributed by atoms with Gasteiger partial charge in [-0.05, 0) is 48.5 Å². The fourth-order valence-corrected chi connectivity index (χ4v) is 4.81. The molecular weight excluding hydrogens is 468 g/mol. The number of hydrogen-bond donors (Lipinski definition) is 2. The van der Waals surface area contributed by atoms with Gasteiger partial charge in [-0.2, -0.15) is 0 Å². The molecule has 0 spiro atoms. The minimum Gasteiger partial charge on any atom is -0.497 e. The quantitative estimate of drug-likeness (QED) is 0.384. The Morgan fingerprint density at radius 1 is 0.943 bits per heavy atom. The molecule has 3 aromatic carbocycles. The molecule has 0 fully saturated rings. The minimum absolute atomic E-state index is 0.0388. The molecule has 0 aromatic heterocycles. The highest BCUT2D eigenvalue weighted by Gasteiger charge is 2.50. The van der Waals surface area contributed by atoms with Crippen molar-refractivity contribution >= 4 is 27.4 Å². The number of hydrogen-bond acceptors (Lipinski definition) is 7. The van der Waals surface area contributed by atoms with Crippen LogP contribution in [0.3, 0.4) is 0 Å². The third kappa shape index (κ3) is 5.51. The molecule has 1 unspecified atom stereocenters. The summed E-state index contributed by atoms with van der Waals surface area (Å²) in [4.78, 5) is 22.5. The van der Waals surface area contributed by atoms with Crippen LogP contribution < -0.4 is 15.8 Å². The number of para-hydroxylation sites is 1. The molecule has 0 aliphatic rings. The summed E-state index contributed by atoms with van der Waals surface area (Å²) in [5.74, 6) is 4.31. The van der Waals surface area contributed by atoms with Gasteiger partial charge in [-0.1, -0.05) is 42.2 Å². The van der Waals surface area contributed by atoms with Gasteiger partial charge in [0.15, 0.2) is 0 Å². The largest absolute Gasteiger partial charge is 0.497 e. The first-order valence-electron chi connectivity index (χ1n) is 10.4. The summed E-state index contributed by atoms with van der Waals surface area (Å²) in [6.07, 6.45) is -0.530. The third-order valence-electron chi connectivity index (χ3n) is 5.14. The first-order chi connectivity index (χ1) is 16.7. The van der Waals surface area contributed by atoms with E-state index in [1.165, 1.54) is 37.4 Å². The highest BCUT2D eigenvalue weighted by atomic mass is 32.2. The van der Waals surface area contributed by atoms with E-state index in [1.54, 1.807) is 42.5 Å². The summed E-state index contributed by atoms with van der Waals surface area (Å²) in [6, 6.07) is 20.8. The van der Waals surface area contributed by atoms with E-state index >= 15 is 0 Å². The SMILES string of the molecule is COC(=O)C(N)(CC#Cc1ccccc1)S(=O)(=O)c1ccccc1NC(=O)c1ccc(OC)cc1. The zero-order valence-electron chi connectivity index (χ0n) is 19.1. The summed E-state index contributed by atoms with van der Waals surface area (Å²) in [7, 11) is -2.03. The maximum absolute atomic E-state index is 13.7. The maximum atomic E-state index is 13.7. The van der Waals surface area contributed by atoms with Crippen molar-refractivity contribution in [3.05, 3.63) is 90.0 Å². The van der Waals surface area contributed by atoms with Crippen molar-refractivity contribution in [1.82, 2.24) is 0 Å². The number of anilines is 1. The van der Waals surface area contributed by atoms with Crippen molar-refractivity contribution in [3.8, 4) is 17.6 Å². The van der Waals surface area contributed by atoms with Crippen LogP contribution in [0.1, 0.15) is 22.3 Å². The molecular formula is C26H24N2O6S. The third-order valence-corrected chi connectivity index (χ3v) is 7.35. The van der Waals surface area contributed by atoms with Crippen LogP contribution in [0.25, 0.3) is 0 Å². The minimum atomic E-state index is -4.57. The van der Waals surface area contributed by atoms with Gasteiger partial charge in [0.1, 0.15) is 5.75 Å². The number of ether oxygens (including phenoxy) is 2. The number of nitrogens with two attached hydrogens (primary N) is 1. The van der Waals surface area contributed by atoms with E-state index in [2.05, 4.69) is 17.2 Å². The smallest absolute Gasteiger partial charge is 0.343 e. The Labute approximate surface area is 204 Å². The van der Waals surface area contributed by atoms with Crippen LogP contribution >= 0.6 is 0 Å². The lowest BCUT2D eigenvalue weighted by Crippen LogP contribution is -2.55. The zero-order chi connectivity index (χ0) is 25.5. The van der Waals surface area contributed by atoms with Gasteiger partial charge in [0.2, 0.25) is 14.7 Å². The fraction of sp³-hybridized carbons (Fsp3) is 0.154. The Morgan fingerprint density at radius 3 is 2.20 bits per heavy atom. The van der Waals surface area contributed by atoms with Gasteiger partial charge in [0.25, 0.3) is 5.91 Å². The van der Waals surface area contributed by atoms with E-state index in [-0.39, 0.29) is 16.1 Å². The zero-order valence-corrected chi connectivity index (χ0v) is 20.0. The molecule has 8 nitrogen and oxygen atoms in total. The second kappa shape index (κ2) is 10.9. The average molecular weight is 493 g/mol. The summed E-state index contributed by atoms with van der Waals surface area (Å²) in [5.41, 5.74) is 7.04. The molecule has 0 bridgehead atoms. The summed E-state index contributed by atoms with van der Waals surface area (Å²) < 4.78 is 37.1. The van der Waals surface area contributed by atoms with Crippen molar-refractivity contribution in [2.75, 3.05) is 19.5 Å². The molecule has 35 heavy (non-hydrogen) atoms. The molecule has 0 aliphatic heterocycles. The molecule has 3 aromatic rings. The molecule has 0 heterocycles. The van der Waals surface area contributed by atoms with Gasteiger partial charge < -0.3 is 20.5 Å². The Balaban J connectivity index is 1.97. The topological polar surface area (TPSA) is 125 Å². The average Bonchev–Trinajstić information content (AvgIpc) is 2.88. The van der Waals surface area contributed by atoms with Crippen molar-refractivity contribution in [1.29, 1.82) is 0 Å². The Hall–Kier alpha value is -4.13. The van der Waals surface area contributed by atoms with Gasteiger partial charge in [-0.15, -0.1) is 0 Å². The Morgan fingerprint density at radius 2 is 1.57 bits per heavy atom. The first kappa shape index (κ1) is 25.5. The number of benzene rings is 3. The molecule has 9 heteroatoms. The lowest BCUT2D eigenvalue weighted by atomic mass is 10.2. The van der Waals surface area contributed by atoms with Gasteiger partial charge in [-0.25, -0.2) is 13.2 Å². The van der Waals surface area contributed by atoms with Crippen LogP contribution in [-0.2, 0) is 19.4 Å². The number of nitrogens with one attached hydrogen (secondary N) is 1. The van der Waals surface area contributed by atoms with E-state index in [0.29, 0.717) is 11.3 Å². The van der Waals surface area contributed by atoms with E-state index in [1.807, 2.05) is 6.07 Å². The monoisotopic (exact) mass is 492 g/mol. The van der Waals surface area contributed by atoms with Crippen LogP contribution in [0.15, 0.2) is 83.8 Å². The van der Waals surface area contributed by atoms with Crippen LogP contribution in [0, 0.1) is 11.8 Å². The van der Waals surface area contributed by atoms with Gasteiger partial charge in [-0.3, -0.25) is 4.79 Å². The Kier molecular flexibility index (Phi) is 7.91. The summed E-state index contributed by atoms with van der Waals surface area (Å²) in [5, 5.41) is 2.58. The molecule has 0 radical (unpaired) electrons. The highest BCUT2D eigenvalue weighted by molar-refractivity contribution is 7.93. The standard InChI is InChI=1S/C26H24N2O6S/c1-33-21-16-14-20(15-17-21)24(29)28-22-12-6-7-13-23(22)35(31,32)26(27,25(30)34-2)18-8-11-19-9-4-3-5-10-19/h3-7,9-10,12-17H,18,27H2,1-2H3,(H,28,29). The van der Waals surface area contributed by atoms with Crippen LogP contribution in [-0.4, -0.2) is 39.4 Å². The molecule has 3 rings (SSSR count). The molecule has 0 saturated heterocycles. The highest BCUT2D eigenvalue weighted by Crippen LogP contribution is 2.31. The van der Waals surface area contributed by atoms with Crippen molar-refractivity contribution in [2.24, 2.45) is 5.73 Å². The molecule has 0 saturated carbocycles. The summed E-state index contributed by atoms with van der Waals surface area (Å²) >= 11 is 0. The lowest BCUT2D eigenvalue weighted by molar-refractivity contribution is -0.143. The second-order valence-electron chi connectivity index (χ2n) is 7.41. The van der Waals surface area contributed by atoms with E-state index in [9.17, 15) is 18.0 Å². The van der Waals surface area contributed by atoms with Gasteiger partial charge >= 0.3 is 5.97 Å². The predicted molar refractivity (Wildman–Crippen MR) is 131 cm³/mol. The maximum Gasteiger partial charge on any atom is 0.343 e. The molecule has 1 amide bonds. The second-order valence-corrected chi connectivity index (χ2v) is 9.58. The van der Waals surface area contributed by atoms with Crippen LogP contribution in [0.5, 0.6) is 5.75 Å². The van der Waals surface area contributed by atoms with Crippen molar-refractivity contribution in [2.45, 2.75) is 16.2 Å². The van der Waals surface area contributed by atoms with E-state index in [4.69, 9.17) is 15.2 Å². The first-order valence-corrected chi connectivity index (χ1v) is 11.9. The number of methoxy groups -OCH3 is 2. The number of rotatable bonds is 7. The molecule has 0 aliphatic carbocycles. The van der Waals surface area contributed by atoms with Gasteiger partial charge in [0, 0.05) is 11.1 Å². The molecule has 180 valence electrons.